The topological polar surface area (TPSA) is 92.9 Å². The lowest BCUT2D eigenvalue weighted by Gasteiger charge is -2.36. The van der Waals surface area contributed by atoms with Gasteiger partial charge in [0, 0.05) is 6.54 Å². The Morgan fingerprint density at radius 3 is 2.76 bits per heavy atom. The van der Waals surface area contributed by atoms with Crippen LogP contribution in [-0.4, -0.2) is 53.7 Å². The average molecular weight is 292 g/mol. The quantitative estimate of drug-likeness (QED) is 0.812. The van der Waals surface area contributed by atoms with Crippen molar-refractivity contribution in [3.8, 4) is 0 Å². The number of carboxylic acid groups (broad SMARTS) is 1. The number of carbonyl (C=O) groups excluding carboxylic acids is 1. The molecule has 0 aromatic heterocycles. The van der Waals surface area contributed by atoms with Crippen molar-refractivity contribution >= 4 is 11.9 Å². The second-order valence-corrected chi connectivity index (χ2v) is 5.15. The third-order valence-corrected chi connectivity index (χ3v) is 3.54. The maximum atomic E-state index is 12.4. The first-order valence-corrected chi connectivity index (χ1v) is 6.97. The third-order valence-electron chi connectivity index (χ3n) is 3.54. The van der Waals surface area contributed by atoms with Gasteiger partial charge in [-0.1, -0.05) is 30.3 Å². The summed E-state index contributed by atoms with van der Waals surface area (Å²) in [5, 5.41) is 8.91. The molecule has 21 heavy (non-hydrogen) atoms. The number of benzene rings is 1. The van der Waals surface area contributed by atoms with E-state index in [9.17, 15) is 9.59 Å². The zero-order chi connectivity index (χ0) is 15.2. The first-order valence-electron chi connectivity index (χ1n) is 6.97. The van der Waals surface area contributed by atoms with Crippen LogP contribution in [0.5, 0.6) is 0 Å². The maximum absolute atomic E-state index is 12.4. The molecule has 0 bridgehead atoms. The van der Waals surface area contributed by atoms with E-state index in [-0.39, 0.29) is 18.9 Å². The molecular formula is C15H20N2O4. The van der Waals surface area contributed by atoms with Gasteiger partial charge in [-0.3, -0.25) is 9.59 Å². The van der Waals surface area contributed by atoms with Gasteiger partial charge < -0.3 is 20.5 Å². The van der Waals surface area contributed by atoms with Crippen molar-refractivity contribution in [1.82, 2.24) is 4.90 Å². The monoisotopic (exact) mass is 292 g/mol. The molecule has 1 aliphatic rings. The number of nitrogens with two attached hydrogens (primary N) is 1. The van der Waals surface area contributed by atoms with Gasteiger partial charge in [0.05, 0.1) is 31.7 Å². The van der Waals surface area contributed by atoms with Crippen molar-refractivity contribution < 1.29 is 19.4 Å². The minimum absolute atomic E-state index is 0.121. The van der Waals surface area contributed by atoms with Gasteiger partial charge in [0.2, 0.25) is 5.91 Å². The van der Waals surface area contributed by atoms with Gasteiger partial charge in [-0.05, 0) is 12.0 Å². The fourth-order valence-electron chi connectivity index (χ4n) is 2.48. The smallest absolute Gasteiger partial charge is 0.305 e. The highest BCUT2D eigenvalue weighted by atomic mass is 16.5. The van der Waals surface area contributed by atoms with Crippen LogP contribution in [0.3, 0.4) is 0 Å². The van der Waals surface area contributed by atoms with E-state index >= 15 is 0 Å². The number of morpholine rings is 1. The van der Waals surface area contributed by atoms with Crippen molar-refractivity contribution in [2.75, 3.05) is 19.8 Å². The lowest BCUT2D eigenvalue weighted by molar-refractivity contribution is -0.147. The molecule has 1 aliphatic heterocycles. The second kappa shape index (κ2) is 7.19. The lowest BCUT2D eigenvalue weighted by atomic mass is 10.0. The Morgan fingerprint density at radius 2 is 2.10 bits per heavy atom. The fraction of sp³-hybridized carbons (Fsp3) is 0.467. The van der Waals surface area contributed by atoms with E-state index in [4.69, 9.17) is 15.6 Å². The molecule has 1 amide bonds. The van der Waals surface area contributed by atoms with Crippen LogP contribution in [0, 0.1) is 0 Å². The molecule has 2 rings (SSSR count). The SMILES string of the molecule is NC(Cc1ccccc1)C(=O)N1CCOCC1CC(=O)O. The van der Waals surface area contributed by atoms with Gasteiger partial charge in [-0.15, -0.1) is 0 Å². The number of aliphatic carboxylic acids is 1. The molecule has 2 atom stereocenters. The summed E-state index contributed by atoms with van der Waals surface area (Å²) in [6, 6.07) is 8.43. The normalized spacial score (nSPS) is 20.0. The molecule has 1 saturated heterocycles. The Hall–Kier alpha value is -1.92. The minimum Gasteiger partial charge on any atom is -0.481 e. The number of amides is 1. The highest BCUT2D eigenvalue weighted by molar-refractivity contribution is 5.83. The summed E-state index contributed by atoms with van der Waals surface area (Å²) in [4.78, 5) is 24.9. The molecule has 0 radical (unpaired) electrons. The van der Waals surface area contributed by atoms with Crippen molar-refractivity contribution in [2.45, 2.75) is 24.9 Å². The van der Waals surface area contributed by atoms with E-state index in [1.807, 2.05) is 30.3 Å². The highest BCUT2D eigenvalue weighted by Gasteiger charge is 2.31. The van der Waals surface area contributed by atoms with Crippen LogP contribution in [-0.2, 0) is 20.7 Å². The Bertz CT molecular complexity index is 492. The standard InChI is InChI=1S/C15H20N2O4/c16-13(8-11-4-2-1-3-5-11)15(20)17-6-7-21-10-12(17)9-14(18)19/h1-5,12-13H,6-10,16H2,(H,18,19). The van der Waals surface area contributed by atoms with E-state index in [0.29, 0.717) is 19.6 Å². The molecule has 6 nitrogen and oxygen atoms in total. The average Bonchev–Trinajstić information content (AvgIpc) is 2.47. The molecule has 2 unspecified atom stereocenters. The second-order valence-electron chi connectivity index (χ2n) is 5.15. The summed E-state index contributed by atoms with van der Waals surface area (Å²) in [5.74, 6) is -1.16. The molecule has 1 aromatic rings. The Kier molecular flexibility index (Phi) is 5.30. The number of nitrogens with zero attached hydrogens (tertiary/aromatic N) is 1. The highest BCUT2D eigenvalue weighted by Crippen LogP contribution is 2.13. The summed E-state index contributed by atoms with van der Waals surface area (Å²) < 4.78 is 5.26. The number of hydrogen-bond acceptors (Lipinski definition) is 4. The Morgan fingerprint density at radius 1 is 1.38 bits per heavy atom. The van der Waals surface area contributed by atoms with E-state index in [2.05, 4.69) is 0 Å². The number of ether oxygens (including phenoxy) is 1. The van der Waals surface area contributed by atoms with Crippen LogP contribution in [0.15, 0.2) is 30.3 Å². The molecule has 114 valence electrons. The molecular weight excluding hydrogens is 272 g/mol. The largest absolute Gasteiger partial charge is 0.481 e. The molecule has 1 heterocycles. The van der Waals surface area contributed by atoms with Gasteiger partial charge in [0.25, 0.3) is 0 Å². The van der Waals surface area contributed by atoms with Crippen molar-refractivity contribution in [2.24, 2.45) is 5.73 Å². The summed E-state index contributed by atoms with van der Waals surface area (Å²) in [7, 11) is 0. The van der Waals surface area contributed by atoms with Gasteiger partial charge in [-0.2, -0.15) is 0 Å². The maximum Gasteiger partial charge on any atom is 0.305 e. The number of carbonyl (C=O) groups is 2. The fourth-order valence-corrected chi connectivity index (χ4v) is 2.48. The van der Waals surface area contributed by atoms with E-state index in [0.717, 1.165) is 5.56 Å². The predicted octanol–water partition coefficient (Wildman–Crippen LogP) is 0.258. The molecule has 0 spiro atoms. The molecule has 1 aromatic carbocycles. The molecule has 0 aliphatic carbocycles. The number of hydrogen-bond donors (Lipinski definition) is 2. The summed E-state index contributed by atoms with van der Waals surface area (Å²) in [6.45, 7) is 1.05. The van der Waals surface area contributed by atoms with Crippen LogP contribution < -0.4 is 5.73 Å². The number of rotatable bonds is 5. The number of carboxylic acids is 1. The zero-order valence-corrected chi connectivity index (χ0v) is 11.8. The summed E-state index contributed by atoms with van der Waals surface area (Å²) in [6.07, 6.45) is 0.320. The van der Waals surface area contributed by atoms with Gasteiger partial charge in [0.1, 0.15) is 0 Å². The van der Waals surface area contributed by atoms with E-state index < -0.39 is 18.1 Å². The summed E-state index contributed by atoms with van der Waals surface area (Å²) >= 11 is 0. The van der Waals surface area contributed by atoms with Gasteiger partial charge >= 0.3 is 5.97 Å². The van der Waals surface area contributed by atoms with Crippen LogP contribution in [0.1, 0.15) is 12.0 Å². The lowest BCUT2D eigenvalue weighted by Crippen LogP contribution is -2.55. The van der Waals surface area contributed by atoms with Crippen LogP contribution in [0.4, 0.5) is 0 Å². The first kappa shape index (κ1) is 15.5. The van der Waals surface area contributed by atoms with E-state index in [1.54, 1.807) is 4.90 Å². The van der Waals surface area contributed by atoms with Crippen molar-refractivity contribution in [3.05, 3.63) is 35.9 Å². The zero-order valence-electron chi connectivity index (χ0n) is 11.8. The Balaban J connectivity index is 2.00. The summed E-state index contributed by atoms with van der Waals surface area (Å²) in [5.41, 5.74) is 6.98. The van der Waals surface area contributed by atoms with Gasteiger partial charge in [0.15, 0.2) is 0 Å². The third kappa shape index (κ3) is 4.27. The van der Waals surface area contributed by atoms with Gasteiger partial charge in [-0.25, -0.2) is 0 Å². The Labute approximate surface area is 123 Å². The molecule has 3 N–H and O–H groups in total. The minimum atomic E-state index is -0.945. The van der Waals surface area contributed by atoms with Crippen LogP contribution in [0.25, 0.3) is 0 Å². The first-order chi connectivity index (χ1) is 10.1. The molecule has 1 fully saturated rings. The molecule has 0 saturated carbocycles. The predicted molar refractivity (Wildman–Crippen MR) is 76.7 cm³/mol. The van der Waals surface area contributed by atoms with Crippen LogP contribution >= 0.6 is 0 Å². The van der Waals surface area contributed by atoms with Crippen LogP contribution in [0.2, 0.25) is 0 Å². The van der Waals surface area contributed by atoms with Crippen molar-refractivity contribution in [1.29, 1.82) is 0 Å². The van der Waals surface area contributed by atoms with Crippen molar-refractivity contribution in [3.63, 3.8) is 0 Å². The van der Waals surface area contributed by atoms with E-state index in [1.165, 1.54) is 0 Å². The molecule has 6 heteroatoms.